The fraction of sp³-hybridized carbons (Fsp3) is 0.600. The highest BCUT2D eigenvalue weighted by Crippen LogP contribution is 2.24. The fourth-order valence-electron chi connectivity index (χ4n) is 2.68. The van der Waals surface area contributed by atoms with Crippen LogP contribution in [0.3, 0.4) is 0 Å². The van der Waals surface area contributed by atoms with Crippen LogP contribution in [0.15, 0.2) is 24.3 Å². The van der Waals surface area contributed by atoms with Gasteiger partial charge < -0.3 is 5.32 Å². The number of benzene rings is 1. The first-order valence-corrected chi connectivity index (χ1v) is 6.53. The standard InChI is InChI=1S/C15H23N/c1-12-4-3-5-14(10-12)8-9-16-15-7-6-13(2)11-15/h3-5,10,13,15-16H,6-9,11H2,1-2H3. The van der Waals surface area contributed by atoms with E-state index in [2.05, 4.69) is 43.4 Å². The highest BCUT2D eigenvalue weighted by atomic mass is 14.9. The van der Waals surface area contributed by atoms with E-state index in [1.807, 2.05) is 0 Å². The lowest BCUT2D eigenvalue weighted by Crippen LogP contribution is -2.28. The van der Waals surface area contributed by atoms with Crippen molar-refractivity contribution in [3.8, 4) is 0 Å². The summed E-state index contributed by atoms with van der Waals surface area (Å²) in [6.45, 7) is 5.65. The first kappa shape index (κ1) is 11.7. The summed E-state index contributed by atoms with van der Waals surface area (Å²) in [4.78, 5) is 0. The predicted molar refractivity (Wildman–Crippen MR) is 69.7 cm³/mol. The SMILES string of the molecule is Cc1cccc(CCNC2CCC(C)C2)c1. The van der Waals surface area contributed by atoms with Crippen molar-refractivity contribution in [2.24, 2.45) is 5.92 Å². The molecular weight excluding hydrogens is 194 g/mol. The van der Waals surface area contributed by atoms with Gasteiger partial charge in [0.1, 0.15) is 0 Å². The Kier molecular flexibility index (Phi) is 4.00. The van der Waals surface area contributed by atoms with Crippen molar-refractivity contribution >= 4 is 0 Å². The van der Waals surface area contributed by atoms with E-state index in [0.29, 0.717) is 0 Å². The van der Waals surface area contributed by atoms with Crippen LogP contribution in [0.4, 0.5) is 0 Å². The van der Waals surface area contributed by atoms with E-state index < -0.39 is 0 Å². The molecule has 0 amide bonds. The molecule has 1 aliphatic carbocycles. The molecule has 1 aromatic rings. The van der Waals surface area contributed by atoms with E-state index in [1.54, 1.807) is 0 Å². The summed E-state index contributed by atoms with van der Waals surface area (Å²) in [6.07, 6.45) is 5.30. The van der Waals surface area contributed by atoms with Crippen LogP contribution in [-0.4, -0.2) is 12.6 Å². The van der Waals surface area contributed by atoms with Crippen LogP contribution < -0.4 is 5.32 Å². The van der Waals surface area contributed by atoms with Crippen LogP contribution in [0.1, 0.15) is 37.3 Å². The van der Waals surface area contributed by atoms with Gasteiger partial charge in [-0.05, 0) is 50.6 Å². The van der Waals surface area contributed by atoms with Crippen LogP contribution in [0.5, 0.6) is 0 Å². The second-order valence-electron chi connectivity index (χ2n) is 5.31. The molecule has 1 aliphatic rings. The lowest BCUT2D eigenvalue weighted by molar-refractivity contribution is 0.506. The van der Waals surface area contributed by atoms with Crippen molar-refractivity contribution in [2.45, 2.75) is 45.6 Å². The minimum absolute atomic E-state index is 0.778. The monoisotopic (exact) mass is 217 g/mol. The zero-order valence-corrected chi connectivity index (χ0v) is 10.5. The fourth-order valence-corrected chi connectivity index (χ4v) is 2.68. The summed E-state index contributed by atoms with van der Waals surface area (Å²) in [5.41, 5.74) is 2.82. The van der Waals surface area contributed by atoms with Crippen LogP contribution in [0, 0.1) is 12.8 Å². The maximum absolute atomic E-state index is 3.68. The molecule has 0 spiro atoms. The van der Waals surface area contributed by atoms with Gasteiger partial charge in [-0.2, -0.15) is 0 Å². The summed E-state index contributed by atoms with van der Waals surface area (Å²) < 4.78 is 0. The van der Waals surface area contributed by atoms with Gasteiger partial charge >= 0.3 is 0 Å². The van der Waals surface area contributed by atoms with E-state index >= 15 is 0 Å². The molecule has 2 unspecified atom stereocenters. The van der Waals surface area contributed by atoms with Crippen molar-refractivity contribution in [2.75, 3.05) is 6.54 Å². The smallest absolute Gasteiger partial charge is 0.00698 e. The maximum Gasteiger partial charge on any atom is 0.00698 e. The Bertz CT molecular complexity index is 332. The zero-order valence-electron chi connectivity index (χ0n) is 10.5. The van der Waals surface area contributed by atoms with E-state index in [0.717, 1.165) is 24.9 Å². The summed E-state index contributed by atoms with van der Waals surface area (Å²) in [7, 11) is 0. The average Bonchev–Trinajstić information content (AvgIpc) is 2.64. The van der Waals surface area contributed by atoms with E-state index in [4.69, 9.17) is 0 Å². The largest absolute Gasteiger partial charge is 0.314 e. The Morgan fingerprint density at radius 3 is 2.88 bits per heavy atom. The third-order valence-corrected chi connectivity index (χ3v) is 3.62. The van der Waals surface area contributed by atoms with Gasteiger partial charge in [0.25, 0.3) is 0 Å². The lowest BCUT2D eigenvalue weighted by atomic mass is 10.1. The average molecular weight is 217 g/mol. The summed E-state index contributed by atoms with van der Waals surface area (Å²) in [5.74, 6) is 0.927. The normalized spacial score (nSPS) is 24.9. The molecule has 16 heavy (non-hydrogen) atoms. The van der Waals surface area contributed by atoms with E-state index in [9.17, 15) is 0 Å². The summed E-state index contributed by atoms with van der Waals surface area (Å²) >= 11 is 0. The van der Waals surface area contributed by atoms with Crippen molar-refractivity contribution in [3.05, 3.63) is 35.4 Å². The van der Waals surface area contributed by atoms with Crippen LogP contribution >= 0.6 is 0 Å². The third-order valence-electron chi connectivity index (χ3n) is 3.62. The van der Waals surface area contributed by atoms with Crippen LogP contribution in [0.25, 0.3) is 0 Å². The van der Waals surface area contributed by atoms with Crippen molar-refractivity contribution in [3.63, 3.8) is 0 Å². The van der Waals surface area contributed by atoms with Gasteiger partial charge in [0.15, 0.2) is 0 Å². The first-order valence-electron chi connectivity index (χ1n) is 6.53. The van der Waals surface area contributed by atoms with Gasteiger partial charge in [0, 0.05) is 6.04 Å². The molecule has 1 N–H and O–H groups in total. The second-order valence-corrected chi connectivity index (χ2v) is 5.31. The van der Waals surface area contributed by atoms with Gasteiger partial charge in [0.2, 0.25) is 0 Å². The van der Waals surface area contributed by atoms with Crippen molar-refractivity contribution in [1.82, 2.24) is 5.32 Å². The Balaban J connectivity index is 1.72. The highest BCUT2D eigenvalue weighted by Gasteiger charge is 2.19. The maximum atomic E-state index is 3.68. The molecule has 88 valence electrons. The molecule has 0 heterocycles. The summed E-state index contributed by atoms with van der Waals surface area (Å²) in [6, 6.07) is 9.61. The summed E-state index contributed by atoms with van der Waals surface area (Å²) in [5, 5.41) is 3.68. The van der Waals surface area contributed by atoms with Crippen molar-refractivity contribution < 1.29 is 0 Å². The lowest BCUT2D eigenvalue weighted by Gasteiger charge is -2.12. The van der Waals surface area contributed by atoms with Crippen LogP contribution in [-0.2, 0) is 6.42 Å². The zero-order chi connectivity index (χ0) is 11.4. The van der Waals surface area contributed by atoms with E-state index in [-0.39, 0.29) is 0 Å². The molecule has 0 aromatic heterocycles. The topological polar surface area (TPSA) is 12.0 Å². The molecule has 1 saturated carbocycles. The quantitative estimate of drug-likeness (QED) is 0.816. The van der Waals surface area contributed by atoms with Gasteiger partial charge in [-0.15, -0.1) is 0 Å². The highest BCUT2D eigenvalue weighted by molar-refractivity contribution is 5.22. The van der Waals surface area contributed by atoms with Gasteiger partial charge in [-0.25, -0.2) is 0 Å². The van der Waals surface area contributed by atoms with E-state index in [1.165, 1.54) is 30.4 Å². The minimum Gasteiger partial charge on any atom is -0.314 e. The van der Waals surface area contributed by atoms with Crippen LogP contribution in [0.2, 0.25) is 0 Å². The Morgan fingerprint density at radius 1 is 1.31 bits per heavy atom. The Hall–Kier alpha value is -0.820. The number of rotatable bonds is 4. The molecule has 0 saturated heterocycles. The molecule has 2 rings (SSSR count). The number of nitrogens with one attached hydrogen (secondary N) is 1. The van der Waals surface area contributed by atoms with Gasteiger partial charge in [0.05, 0.1) is 0 Å². The molecule has 2 atom stereocenters. The molecular formula is C15H23N. The molecule has 0 radical (unpaired) electrons. The molecule has 0 aliphatic heterocycles. The Morgan fingerprint density at radius 2 is 2.19 bits per heavy atom. The number of hydrogen-bond donors (Lipinski definition) is 1. The molecule has 0 bridgehead atoms. The van der Waals surface area contributed by atoms with Gasteiger partial charge in [-0.3, -0.25) is 0 Å². The minimum atomic E-state index is 0.778. The molecule has 1 aromatic carbocycles. The predicted octanol–water partition coefficient (Wildman–Crippen LogP) is 3.32. The number of hydrogen-bond acceptors (Lipinski definition) is 1. The van der Waals surface area contributed by atoms with Gasteiger partial charge in [-0.1, -0.05) is 36.8 Å². The van der Waals surface area contributed by atoms with Crippen molar-refractivity contribution in [1.29, 1.82) is 0 Å². The Labute approximate surface area is 99.3 Å². The number of aryl methyl sites for hydroxylation is 1. The second kappa shape index (κ2) is 5.49. The molecule has 1 nitrogen and oxygen atoms in total. The molecule has 1 fully saturated rings. The third kappa shape index (κ3) is 3.34. The molecule has 1 heteroatoms. The first-order chi connectivity index (χ1) is 7.74.